The van der Waals surface area contributed by atoms with Crippen LogP contribution in [0.4, 0.5) is 0 Å². The number of piperidine rings is 1. The fourth-order valence-corrected chi connectivity index (χ4v) is 4.63. The minimum absolute atomic E-state index is 0. The van der Waals surface area contributed by atoms with E-state index >= 15 is 0 Å². The van der Waals surface area contributed by atoms with E-state index in [-0.39, 0.29) is 35.8 Å². The topological polar surface area (TPSA) is 105 Å². The molecule has 0 amide bonds. The monoisotopic (exact) mass is 513 g/mol. The second-order valence-electron chi connectivity index (χ2n) is 6.43. The lowest BCUT2D eigenvalue weighted by Crippen LogP contribution is -2.50. The summed E-state index contributed by atoms with van der Waals surface area (Å²) in [5, 5.41) is 14.7. The molecule has 1 aromatic rings. The summed E-state index contributed by atoms with van der Waals surface area (Å²) in [7, 11) is -1.35. The number of hydrogen-bond donors (Lipinski definition) is 2. The van der Waals surface area contributed by atoms with Gasteiger partial charge in [-0.15, -0.1) is 34.2 Å². The first kappa shape index (κ1) is 24.1. The van der Waals surface area contributed by atoms with Gasteiger partial charge in [0.15, 0.2) is 5.96 Å². The van der Waals surface area contributed by atoms with Crippen molar-refractivity contribution >= 4 is 40.0 Å². The van der Waals surface area contributed by atoms with Crippen LogP contribution in [-0.2, 0) is 23.0 Å². The summed E-state index contributed by atoms with van der Waals surface area (Å²) < 4.78 is 27.9. The third-order valence-corrected chi connectivity index (χ3v) is 6.61. The molecule has 0 spiro atoms. The van der Waals surface area contributed by atoms with Gasteiger partial charge >= 0.3 is 0 Å². The average Bonchev–Trinajstić information content (AvgIpc) is 3.08. The molecule has 0 radical (unpaired) electrons. The smallest absolute Gasteiger partial charge is 0.214 e. The summed E-state index contributed by atoms with van der Waals surface area (Å²) >= 11 is 0. The maximum Gasteiger partial charge on any atom is 0.214 e. The van der Waals surface area contributed by atoms with Crippen molar-refractivity contribution in [2.75, 3.05) is 32.4 Å². The third kappa shape index (κ3) is 7.18. The van der Waals surface area contributed by atoms with Crippen LogP contribution in [-0.4, -0.2) is 71.9 Å². The highest BCUT2D eigenvalue weighted by molar-refractivity contribution is 14.0. The zero-order valence-electron chi connectivity index (χ0n) is 16.4. The zero-order chi connectivity index (χ0) is 19.0. The Morgan fingerprint density at radius 2 is 2.04 bits per heavy atom. The molecule has 0 saturated carbocycles. The van der Waals surface area contributed by atoms with Gasteiger partial charge in [-0.05, 0) is 19.3 Å². The predicted molar refractivity (Wildman–Crippen MR) is 118 cm³/mol. The number of hydrogen-bond acceptors (Lipinski definition) is 5. The van der Waals surface area contributed by atoms with Crippen molar-refractivity contribution in [3.05, 3.63) is 12.2 Å². The second kappa shape index (κ2) is 11.8. The van der Waals surface area contributed by atoms with Gasteiger partial charge in [-0.1, -0.05) is 13.8 Å². The van der Waals surface area contributed by atoms with Gasteiger partial charge in [0.2, 0.25) is 10.0 Å². The molecule has 0 atom stereocenters. The van der Waals surface area contributed by atoms with Crippen molar-refractivity contribution < 1.29 is 8.42 Å². The molecule has 1 aliphatic heterocycles. The highest BCUT2D eigenvalue weighted by atomic mass is 127. The van der Waals surface area contributed by atoms with Gasteiger partial charge in [0.05, 0.1) is 5.75 Å². The van der Waals surface area contributed by atoms with Gasteiger partial charge in [0.25, 0.3) is 0 Å². The molecule has 9 nitrogen and oxygen atoms in total. The van der Waals surface area contributed by atoms with Gasteiger partial charge < -0.3 is 15.2 Å². The van der Waals surface area contributed by atoms with Crippen LogP contribution in [0.5, 0.6) is 0 Å². The molecular formula is C16H32IN7O2S. The van der Waals surface area contributed by atoms with E-state index < -0.39 is 10.0 Å². The Bertz CT molecular complexity index is 685. The van der Waals surface area contributed by atoms with Crippen molar-refractivity contribution in [3.63, 3.8) is 0 Å². The number of rotatable bonds is 8. The normalized spacial score (nSPS) is 16.8. The van der Waals surface area contributed by atoms with E-state index in [0.717, 1.165) is 37.6 Å². The summed E-state index contributed by atoms with van der Waals surface area (Å²) in [6, 6.07) is 0.232. The Balaban J connectivity index is 0.00000364. The SMILES string of the molecule is CCCS(=O)(=O)N1CCC(NC(=NC)NCCn2cnnc2CC)CC1.I. The number of sulfonamides is 1. The Kier molecular flexibility index (Phi) is 10.5. The summed E-state index contributed by atoms with van der Waals surface area (Å²) in [5.74, 6) is 1.94. The minimum atomic E-state index is -3.09. The van der Waals surface area contributed by atoms with E-state index in [1.54, 1.807) is 17.7 Å². The lowest BCUT2D eigenvalue weighted by Gasteiger charge is -2.32. The van der Waals surface area contributed by atoms with Crippen molar-refractivity contribution in [3.8, 4) is 0 Å². The van der Waals surface area contributed by atoms with Crippen LogP contribution >= 0.6 is 24.0 Å². The fourth-order valence-electron chi connectivity index (χ4n) is 3.09. The fraction of sp³-hybridized carbons (Fsp3) is 0.812. The molecule has 0 unspecified atom stereocenters. The van der Waals surface area contributed by atoms with Crippen LogP contribution < -0.4 is 10.6 Å². The van der Waals surface area contributed by atoms with Crippen molar-refractivity contribution in [2.45, 2.75) is 52.1 Å². The minimum Gasteiger partial charge on any atom is -0.355 e. The standard InChI is InChI=1S/C16H31N7O2S.HI/c1-4-12-26(24,25)23-9-6-14(7-10-23)20-16(17-3)18-8-11-22-13-19-21-15(22)5-2;/h13-14H,4-12H2,1-3H3,(H2,17,18,20);1H. The van der Waals surface area contributed by atoms with Crippen molar-refractivity contribution in [1.29, 1.82) is 0 Å². The molecule has 0 aliphatic carbocycles. The first-order chi connectivity index (χ1) is 12.5. The van der Waals surface area contributed by atoms with Crippen molar-refractivity contribution in [2.24, 2.45) is 4.99 Å². The van der Waals surface area contributed by atoms with Gasteiger partial charge in [-0.3, -0.25) is 4.99 Å². The van der Waals surface area contributed by atoms with E-state index in [0.29, 0.717) is 26.1 Å². The zero-order valence-corrected chi connectivity index (χ0v) is 19.5. The Hall–Kier alpha value is -0.950. The van der Waals surface area contributed by atoms with Crippen LogP contribution in [0, 0.1) is 0 Å². The molecule has 2 rings (SSSR count). The molecule has 156 valence electrons. The van der Waals surface area contributed by atoms with E-state index in [1.165, 1.54) is 0 Å². The molecule has 11 heteroatoms. The van der Waals surface area contributed by atoms with Gasteiger partial charge in [0.1, 0.15) is 12.2 Å². The van der Waals surface area contributed by atoms with Gasteiger partial charge in [-0.2, -0.15) is 0 Å². The highest BCUT2D eigenvalue weighted by Gasteiger charge is 2.27. The van der Waals surface area contributed by atoms with E-state index in [2.05, 4.69) is 32.7 Å². The van der Waals surface area contributed by atoms with Crippen molar-refractivity contribution in [1.82, 2.24) is 29.7 Å². The molecule has 1 aromatic heterocycles. The molecule has 2 heterocycles. The summed E-state index contributed by atoms with van der Waals surface area (Å²) in [5.41, 5.74) is 0. The molecule has 2 N–H and O–H groups in total. The maximum atomic E-state index is 12.1. The second-order valence-corrected chi connectivity index (χ2v) is 8.52. The van der Waals surface area contributed by atoms with Crippen LogP contribution in [0.3, 0.4) is 0 Å². The van der Waals surface area contributed by atoms with Gasteiger partial charge in [-0.25, -0.2) is 12.7 Å². The van der Waals surface area contributed by atoms with E-state index in [1.807, 2.05) is 11.5 Å². The first-order valence-corrected chi connectivity index (χ1v) is 10.9. The van der Waals surface area contributed by atoms with Gasteiger partial charge in [0, 0.05) is 45.7 Å². The Morgan fingerprint density at radius 3 is 2.63 bits per heavy atom. The number of guanidine groups is 1. The number of aromatic nitrogens is 3. The summed E-state index contributed by atoms with van der Waals surface area (Å²) in [4.78, 5) is 4.26. The Morgan fingerprint density at radius 1 is 1.33 bits per heavy atom. The highest BCUT2D eigenvalue weighted by Crippen LogP contribution is 2.15. The molecule has 1 saturated heterocycles. The number of halogens is 1. The predicted octanol–water partition coefficient (Wildman–Crippen LogP) is 0.828. The molecule has 27 heavy (non-hydrogen) atoms. The lowest BCUT2D eigenvalue weighted by molar-refractivity contribution is 0.306. The van der Waals surface area contributed by atoms with E-state index in [9.17, 15) is 8.42 Å². The molecule has 0 aromatic carbocycles. The number of nitrogens with one attached hydrogen (secondary N) is 2. The van der Waals surface area contributed by atoms with Crippen LogP contribution in [0.1, 0.15) is 38.9 Å². The lowest BCUT2D eigenvalue weighted by atomic mass is 10.1. The molecule has 1 fully saturated rings. The molecule has 0 bridgehead atoms. The van der Waals surface area contributed by atoms with Crippen LogP contribution in [0.25, 0.3) is 0 Å². The summed E-state index contributed by atoms with van der Waals surface area (Å²) in [6.45, 7) is 6.57. The Labute approximate surface area is 179 Å². The molecule has 1 aliphatic rings. The molecular weight excluding hydrogens is 481 g/mol. The number of nitrogens with zero attached hydrogens (tertiary/aromatic N) is 5. The van der Waals surface area contributed by atoms with E-state index in [4.69, 9.17) is 0 Å². The third-order valence-electron chi connectivity index (χ3n) is 4.53. The number of aryl methyl sites for hydroxylation is 1. The quantitative estimate of drug-likeness (QED) is 0.303. The first-order valence-electron chi connectivity index (χ1n) is 9.31. The van der Waals surface area contributed by atoms with Crippen LogP contribution in [0.15, 0.2) is 11.3 Å². The number of aliphatic imine (C=N–C) groups is 1. The average molecular weight is 513 g/mol. The largest absolute Gasteiger partial charge is 0.355 e. The van der Waals surface area contributed by atoms with Crippen LogP contribution in [0.2, 0.25) is 0 Å². The summed E-state index contributed by atoms with van der Waals surface area (Å²) in [6.07, 6.45) is 4.82. The maximum absolute atomic E-state index is 12.1.